The molecule has 0 unspecified atom stereocenters. The summed E-state index contributed by atoms with van der Waals surface area (Å²) in [5.74, 6) is 0.646. The van der Waals surface area contributed by atoms with Crippen molar-refractivity contribution in [2.75, 3.05) is 24.6 Å². The molecule has 0 aliphatic carbocycles. The predicted molar refractivity (Wildman–Crippen MR) is 82.7 cm³/mol. The first-order chi connectivity index (χ1) is 10.4. The highest BCUT2D eigenvalue weighted by atomic mass is 32.2. The van der Waals surface area contributed by atoms with Gasteiger partial charge in [0.15, 0.2) is 0 Å². The second-order valence-electron chi connectivity index (χ2n) is 6.51. The Morgan fingerprint density at radius 2 is 1.82 bits per heavy atom. The highest BCUT2D eigenvalue weighted by Gasteiger charge is 2.34. The third-order valence-electron chi connectivity index (χ3n) is 4.80. The smallest absolute Gasteiger partial charge is 0.150 e. The van der Waals surface area contributed by atoms with E-state index in [1.807, 2.05) is 0 Å². The van der Waals surface area contributed by atoms with Gasteiger partial charge in [-0.3, -0.25) is 4.90 Å². The molecule has 0 saturated carbocycles. The Balaban J connectivity index is 1.67. The second kappa shape index (κ2) is 6.26. The Labute approximate surface area is 130 Å². The van der Waals surface area contributed by atoms with E-state index in [2.05, 4.69) is 4.90 Å². The van der Waals surface area contributed by atoms with E-state index in [9.17, 15) is 17.9 Å². The Bertz CT molecular complexity index is 603. The van der Waals surface area contributed by atoms with E-state index in [0.717, 1.165) is 12.1 Å². The highest BCUT2D eigenvalue weighted by Crippen LogP contribution is 2.34. The summed E-state index contributed by atoms with van der Waals surface area (Å²) >= 11 is 0. The molecule has 6 heteroatoms. The maximum atomic E-state index is 13.1. The van der Waals surface area contributed by atoms with E-state index in [4.69, 9.17) is 0 Å². The van der Waals surface area contributed by atoms with E-state index in [1.165, 1.54) is 12.1 Å². The summed E-state index contributed by atoms with van der Waals surface area (Å²) in [5.41, 5.74) is 1.02. The zero-order chi connectivity index (χ0) is 15.7. The fourth-order valence-electron chi connectivity index (χ4n) is 3.57. The molecule has 1 aromatic rings. The molecule has 4 nitrogen and oxygen atoms in total. The van der Waals surface area contributed by atoms with Crippen LogP contribution in [0.4, 0.5) is 4.39 Å². The number of aliphatic hydroxyl groups is 1. The first-order valence-corrected chi connectivity index (χ1v) is 9.63. The molecular weight excluding hydrogens is 305 g/mol. The molecule has 2 heterocycles. The standard InChI is InChI=1S/C16H22FNO3S/c17-14-3-1-13(2-4-14)16-9-15(19)11-18(16)10-12-5-7-22(20,21)8-6-12/h1-4,12,15-16,19H,5-11H2/t15-,16+/m1/s1. The van der Waals surface area contributed by atoms with Crippen LogP contribution in [0.1, 0.15) is 30.9 Å². The third kappa shape index (κ3) is 3.67. The molecule has 1 N–H and O–H groups in total. The molecule has 1 aromatic carbocycles. The molecule has 0 amide bonds. The van der Waals surface area contributed by atoms with E-state index in [1.54, 1.807) is 12.1 Å². The summed E-state index contributed by atoms with van der Waals surface area (Å²) in [4.78, 5) is 2.22. The van der Waals surface area contributed by atoms with Crippen LogP contribution in [0.25, 0.3) is 0 Å². The summed E-state index contributed by atoms with van der Waals surface area (Å²) in [5, 5.41) is 9.99. The summed E-state index contributed by atoms with van der Waals surface area (Å²) in [6.45, 7) is 1.40. The fraction of sp³-hybridized carbons (Fsp3) is 0.625. The topological polar surface area (TPSA) is 57.6 Å². The summed E-state index contributed by atoms with van der Waals surface area (Å²) in [6, 6.07) is 6.54. The normalized spacial score (nSPS) is 29.7. The monoisotopic (exact) mass is 327 g/mol. The lowest BCUT2D eigenvalue weighted by atomic mass is 9.99. The van der Waals surface area contributed by atoms with Crippen molar-refractivity contribution in [2.45, 2.75) is 31.4 Å². The lowest BCUT2D eigenvalue weighted by Crippen LogP contribution is -2.34. The van der Waals surface area contributed by atoms with Gasteiger partial charge in [0.1, 0.15) is 15.7 Å². The van der Waals surface area contributed by atoms with Gasteiger partial charge in [-0.25, -0.2) is 12.8 Å². The molecule has 2 atom stereocenters. The van der Waals surface area contributed by atoms with E-state index >= 15 is 0 Å². The second-order valence-corrected chi connectivity index (χ2v) is 8.81. The van der Waals surface area contributed by atoms with Crippen LogP contribution in [0.3, 0.4) is 0 Å². The lowest BCUT2D eigenvalue weighted by molar-refractivity contribution is 0.163. The SMILES string of the molecule is O=S1(=O)CCC(CN2C[C@H](O)C[C@H]2c2ccc(F)cc2)CC1. The third-order valence-corrected chi connectivity index (χ3v) is 6.52. The van der Waals surface area contributed by atoms with Crippen molar-refractivity contribution >= 4 is 9.84 Å². The van der Waals surface area contributed by atoms with Crippen molar-refractivity contribution < 1.29 is 17.9 Å². The summed E-state index contributed by atoms with van der Waals surface area (Å²) in [7, 11) is -2.84. The quantitative estimate of drug-likeness (QED) is 0.919. The number of hydrogen-bond donors (Lipinski definition) is 1. The number of likely N-dealkylation sites (tertiary alicyclic amines) is 1. The van der Waals surface area contributed by atoms with E-state index in [-0.39, 0.29) is 29.5 Å². The number of hydrogen-bond acceptors (Lipinski definition) is 4. The molecule has 0 bridgehead atoms. The van der Waals surface area contributed by atoms with Gasteiger partial charge in [-0.15, -0.1) is 0 Å². The van der Waals surface area contributed by atoms with Crippen LogP contribution in [-0.4, -0.2) is 49.1 Å². The summed E-state index contributed by atoms with van der Waals surface area (Å²) < 4.78 is 36.1. The number of nitrogens with zero attached hydrogens (tertiary/aromatic N) is 1. The van der Waals surface area contributed by atoms with Gasteiger partial charge in [-0.1, -0.05) is 12.1 Å². The van der Waals surface area contributed by atoms with Gasteiger partial charge in [-0.2, -0.15) is 0 Å². The van der Waals surface area contributed by atoms with Gasteiger partial charge >= 0.3 is 0 Å². The number of sulfone groups is 1. The van der Waals surface area contributed by atoms with Crippen LogP contribution in [0.2, 0.25) is 0 Å². The van der Waals surface area contributed by atoms with Crippen LogP contribution in [0, 0.1) is 11.7 Å². The molecular formula is C16H22FNO3S. The first-order valence-electron chi connectivity index (χ1n) is 7.81. The Morgan fingerprint density at radius 1 is 1.18 bits per heavy atom. The molecule has 122 valence electrons. The zero-order valence-electron chi connectivity index (χ0n) is 12.5. The van der Waals surface area contributed by atoms with Gasteiger partial charge in [0.05, 0.1) is 17.6 Å². The van der Waals surface area contributed by atoms with Crippen molar-refractivity contribution in [3.63, 3.8) is 0 Å². The van der Waals surface area contributed by atoms with Gasteiger partial charge < -0.3 is 5.11 Å². The molecule has 2 saturated heterocycles. The molecule has 22 heavy (non-hydrogen) atoms. The van der Waals surface area contributed by atoms with Crippen LogP contribution in [0.5, 0.6) is 0 Å². The number of β-amino-alcohol motifs (C(OH)–C–C–N with tert-alkyl or cyclic N) is 1. The van der Waals surface area contributed by atoms with Crippen molar-refractivity contribution in [1.82, 2.24) is 4.90 Å². The largest absolute Gasteiger partial charge is 0.392 e. The van der Waals surface area contributed by atoms with Gasteiger partial charge in [0.2, 0.25) is 0 Å². The van der Waals surface area contributed by atoms with Gasteiger partial charge in [-0.05, 0) is 42.9 Å². The molecule has 2 aliphatic heterocycles. The molecule has 0 aromatic heterocycles. The minimum absolute atomic E-state index is 0.0918. The number of rotatable bonds is 3. The van der Waals surface area contributed by atoms with Gasteiger partial charge in [0.25, 0.3) is 0 Å². The average Bonchev–Trinajstić information content (AvgIpc) is 2.83. The summed E-state index contributed by atoms with van der Waals surface area (Å²) in [6.07, 6.45) is 1.68. The van der Waals surface area contributed by atoms with Crippen LogP contribution in [-0.2, 0) is 9.84 Å². The highest BCUT2D eigenvalue weighted by molar-refractivity contribution is 7.91. The lowest BCUT2D eigenvalue weighted by Gasteiger charge is -2.30. The number of aliphatic hydroxyl groups excluding tert-OH is 1. The maximum absolute atomic E-state index is 13.1. The van der Waals surface area contributed by atoms with Crippen LogP contribution < -0.4 is 0 Å². The zero-order valence-corrected chi connectivity index (χ0v) is 13.3. The first kappa shape index (κ1) is 15.9. The molecule has 0 radical (unpaired) electrons. The minimum Gasteiger partial charge on any atom is -0.392 e. The van der Waals surface area contributed by atoms with Crippen molar-refractivity contribution in [3.8, 4) is 0 Å². The minimum atomic E-state index is -2.84. The van der Waals surface area contributed by atoms with E-state index in [0.29, 0.717) is 31.7 Å². The van der Waals surface area contributed by atoms with E-state index < -0.39 is 9.84 Å². The van der Waals surface area contributed by atoms with Crippen molar-refractivity contribution in [2.24, 2.45) is 5.92 Å². The number of halogens is 1. The molecule has 3 rings (SSSR count). The van der Waals surface area contributed by atoms with Crippen molar-refractivity contribution in [1.29, 1.82) is 0 Å². The Kier molecular flexibility index (Phi) is 4.52. The van der Waals surface area contributed by atoms with Crippen LogP contribution in [0.15, 0.2) is 24.3 Å². The number of benzene rings is 1. The molecule has 0 spiro atoms. The van der Waals surface area contributed by atoms with Crippen LogP contribution >= 0.6 is 0 Å². The molecule has 2 fully saturated rings. The average molecular weight is 327 g/mol. The van der Waals surface area contributed by atoms with Crippen molar-refractivity contribution in [3.05, 3.63) is 35.6 Å². The Hall–Kier alpha value is -0.980. The maximum Gasteiger partial charge on any atom is 0.150 e. The van der Waals surface area contributed by atoms with Gasteiger partial charge in [0, 0.05) is 19.1 Å². The predicted octanol–water partition coefficient (Wildman–Crippen LogP) is 1.76. The fourth-order valence-corrected chi connectivity index (χ4v) is 5.15. The molecule has 2 aliphatic rings. The Morgan fingerprint density at radius 3 is 2.45 bits per heavy atom.